The Balaban J connectivity index is 1.48. The minimum absolute atomic E-state index is 0.166. The maximum Gasteiger partial charge on any atom is 0.417 e. The van der Waals surface area contributed by atoms with Crippen molar-refractivity contribution in [3.8, 4) is 6.07 Å². The summed E-state index contributed by atoms with van der Waals surface area (Å²) in [6.07, 6.45) is -2.04. The molecule has 8 nitrogen and oxygen atoms in total. The molecule has 0 aromatic heterocycles. The predicted molar refractivity (Wildman–Crippen MR) is 136 cm³/mol. The summed E-state index contributed by atoms with van der Waals surface area (Å²) in [5.41, 5.74) is -1.15. The Morgan fingerprint density at radius 1 is 1.15 bits per heavy atom. The molecule has 2 saturated carbocycles. The average Bonchev–Trinajstić information content (AvgIpc) is 3.50. The van der Waals surface area contributed by atoms with E-state index < -0.39 is 92.8 Å². The Morgan fingerprint density at radius 3 is 2.37 bits per heavy atom. The number of hydrogen-bond donors (Lipinski definition) is 2. The van der Waals surface area contributed by atoms with Crippen molar-refractivity contribution in [3.63, 3.8) is 0 Å². The fourth-order valence-corrected chi connectivity index (χ4v) is 7.67. The van der Waals surface area contributed by atoms with Crippen LogP contribution in [0.2, 0.25) is 0 Å². The molecule has 2 amide bonds. The molecule has 2 aliphatic carbocycles. The molecule has 14 heteroatoms. The van der Waals surface area contributed by atoms with Crippen molar-refractivity contribution in [1.29, 1.82) is 5.26 Å². The normalized spacial score (nSPS) is 26.6. The number of amides is 2. The van der Waals surface area contributed by atoms with Crippen LogP contribution >= 0.6 is 0 Å². The number of nitriles is 1. The molecule has 0 spiro atoms. The Morgan fingerprint density at radius 2 is 1.80 bits per heavy atom. The second-order valence-electron chi connectivity index (χ2n) is 11.2. The van der Waals surface area contributed by atoms with Gasteiger partial charge in [-0.25, -0.2) is 17.2 Å². The number of hydrogen-bond acceptors (Lipinski definition) is 6. The van der Waals surface area contributed by atoms with E-state index in [1.807, 2.05) is 6.07 Å². The van der Waals surface area contributed by atoms with E-state index in [4.69, 9.17) is 0 Å². The van der Waals surface area contributed by atoms with Gasteiger partial charge in [0, 0.05) is 12.2 Å². The first kappa shape index (κ1) is 29.0. The SMILES string of the molecule is CC1=CC(c2ccc(S(=O)(=O)[C@@H]3C[C@@H](C(=O)NC4(C#N)CC4)[C@H](C(=O)N4CC(F)(F)C4)C3)c(C(F)(F)F)c2)=CCN1. The highest BCUT2D eigenvalue weighted by Gasteiger charge is 2.55. The molecule has 220 valence electrons. The zero-order valence-corrected chi connectivity index (χ0v) is 22.7. The second kappa shape index (κ2) is 9.82. The fraction of sp³-hybridized carbons (Fsp3) is 0.519. The summed E-state index contributed by atoms with van der Waals surface area (Å²) in [7, 11) is -4.75. The predicted octanol–water partition coefficient (Wildman–Crippen LogP) is 3.41. The Kier molecular flexibility index (Phi) is 6.95. The van der Waals surface area contributed by atoms with Gasteiger partial charge in [0.2, 0.25) is 11.8 Å². The highest BCUT2D eigenvalue weighted by atomic mass is 32.2. The third-order valence-corrected chi connectivity index (χ3v) is 10.3. The molecule has 3 fully saturated rings. The molecule has 3 atom stereocenters. The lowest BCUT2D eigenvalue weighted by molar-refractivity contribution is -0.171. The van der Waals surface area contributed by atoms with Gasteiger partial charge < -0.3 is 15.5 Å². The summed E-state index contributed by atoms with van der Waals surface area (Å²) < 4.78 is 97.1. The number of halogens is 5. The lowest BCUT2D eigenvalue weighted by Gasteiger charge is -2.40. The van der Waals surface area contributed by atoms with E-state index in [9.17, 15) is 45.2 Å². The van der Waals surface area contributed by atoms with Gasteiger partial charge in [-0.15, -0.1) is 0 Å². The monoisotopic (exact) mass is 598 g/mol. The maximum atomic E-state index is 14.2. The lowest BCUT2D eigenvalue weighted by atomic mass is 9.92. The van der Waals surface area contributed by atoms with Crippen LogP contribution in [0.15, 0.2) is 40.9 Å². The second-order valence-corrected chi connectivity index (χ2v) is 13.4. The van der Waals surface area contributed by atoms with Crippen molar-refractivity contribution in [2.24, 2.45) is 11.8 Å². The van der Waals surface area contributed by atoms with Crippen LogP contribution in [0.3, 0.4) is 0 Å². The van der Waals surface area contributed by atoms with E-state index >= 15 is 0 Å². The number of carbonyl (C=O) groups excluding carboxylic acids is 2. The lowest BCUT2D eigenvalue weighted by Crippen LogP contribution is -2.60. The number of dihydropyridines is 1. The first-order valence-electron chi connectivity index (χ1n) is 13.0. The van der Waals surface area contributed by atoms with Crippen LogP contribution in [0.4, 0.5) is 22.0 Å². The summed E-state index contributed by atoms with van der Waals surface area (Å²) in [5, 5.41) is 13.3. The molecule has 4 aliphatic rings. The van der Waals surface area contributed by atoms with E-state index in [1.165, 1.54) is 6.07 Å². The molecule has 2 N–H and O–H groups in total. The molecule has 0 radical (unpaired) electrons. The van der Waals surface area contributed by atoms with Crippen LogP contribution in [0.5, 0.6) is 0 Å². The van der Waals surface area contributed by atoms with E-state index in [-0.39, 0.29) is 5.56 Å². The van der Waals surface area contributed by atoms with Gasteiger partial charge in [0.05, 0.1) is 46.7 Å². The third kappa shape index (κ3) is 5.56. The quantitative estimate of drug-likeness (QED) is 0.485. The van der Waals surface area contributed by atoms with E-state index in [2.05, 4.69) is 10.6 Å². The van der Waals surface area contributed by atoms with Crippen LogP contribution < -0.4 is 10.6 Å². The Bertz CT molecular complexity index is 1500. The molecule has 41 heavy (non-hydrogen) atoms. The number of allylic oxidation sites excluding steroid dienone is 3. The molecular weight excluding hydrogens is 571 g/mol. The van der Waals surface area contributed by atoms with Gasteiger partial charge in [0.15, 0.2) is 9.84 Å². The number of carbonyl (C=O) groups is 2. The molecule has 0 bridgehead atoms. The summed E-state index contributed by atoms with van der Waals surface area (Å²) in [6.45, 7) is 0.338. The van der Waals surface area contributed by atoms with Gasteiger partial charge in [-0.05, 0) is 62.0 Å². The van der Waals surface area contributed by atoms with Crippen molar-refractivity contribution in [2.75, 3.05) is 19.6 Å². The van der Waals surface area contributed by atoms with Crippen molar-refractivity contribution in [1.82, 2.24) is 15.5 Å². The highest BCUT2D eigenvalue weighted by Crippen LogP contribution is 2.45. The number of rotatable bonds is 6. The summed E-state index contributed by atoms with van der Waals surface area (Å²) in [6, 6.07) is 4.87. The van der Waals surface area contributed by atoms with Crippen LogP contribution in [0, 0.1) is 23.2 Å². The first-order chi connectivity index (χ1) is 19.1. The molecule has 5 rings (SSSR count). The largest absolute Gasteiger partial charge is 0.417 e. The number of likely N-dealkylation sites (tertiary alicyclic amines) is 1. The van der Waals surface area contributed by atoms with Crippen LogP contribution in [-0.2, 0) is 25.6 Å². The van der Waals surface area contributed by atoms with Gasteiger partial charge in [-0.2, -0.15) is 18.4 Å². The average molecular weight is 599 g/mol. The molecule has 1 aromatic carbocycles. The van der Waals surface area contributed by atoms with Crippen LogP contribution in [-0.4, -0.2) is 61.5 Å². The van der Waals surface area contributed by atoms with Crippen molar-refractivity contribution >= 4 is 27.2 Å². The first-order valence-corrected chi connectivity index (χ1v) is 14.6. The molecule has 1 saturated heterocycles. The molecule has 1 aromatic rings. The highest BCUT2D eigenvalue weighted by molar-refractivity contribution is 7.92. The van der Waals surface area contributed by atoms with E-state index in [1.54, 1.807) is 19.1 Å². The van der Waals surface area contributed by atoms with Crippen LogP contribution in [0.1, 0.15) is 43.7 Å². The van der Waals surface area contributed by atoms with Gasteiger partial charge in [0.1, 0.15) is 5.54 Å². The van der Waals surface area contributed by atoms with E-state index in [0.29, 0.717) is 25.0 Å². The smallest absolute Gasteiger partial charge is 0.385 e. The number of nitrogens with one attached hydrogen (secondary N) is 2. The van der Waals surface area contributed by atoms with Crippen molar-refractivity contribution in [2.45, 2.75) is 60.4 Å². The van der Waals surface area contributed by atoms with Crippen molar-refractivity contribution < 1.29 is 40.0 Å². The number of benzene rings is 1. The van der Waals surface area contributed by atoms with E-state index in [0.717, 1.165) is 22.7 Å². The van der Waals surface area contributed by atoms with Gasteiger partial charge in [-0.1, -0.05) is 12.1 Å². The molecular formula is C27H27F5N4O4S. The zero-order chi connectivity index (χ0) is 30.0. The van der Waals surface area contributed by atoms with Crippen molar-refractivity contribution in [3.05, 3.63) is 47.2 Å². The Labute approximate surface area is 233 Å². The van der Waals surface area contributed by atoms with Gasteiger partial charge in [-0.3, -0.25) is 9.59 Å². The topological polar surface area (TPSA) is 119 Å². The molecule has 0 unspecified atom stereocenters. The molecule has 2 heterocycles. The number of nitrogens with zero attached hydrogens (tertiary/aromatic N) is 2. The fourth-order valence-electron chi connectivity index (χ4n) is 5.65. The summed E-state index contributed by atoms with van der Waals surface area (Å²) in [5.74, 6) is -7.43. The van der Waals surface area contributed by atoms with Gasteiger partial charge in [0.25, 0.3) is 5.92 Å². The zero-order valence-electron chi connectivity index (χ0n) is 21.9. The minimum atomic E-state index is -5.04. The Hall–Kier alpha value is -3.47. The minimum Gasteiger partial charge on any atom is -0.385 e. The third-order valence-electron chi connectivity index (χ3n) is 8.09. The number of sulfone groups is 1. The molecule has 2 aliphatic heterocycles. The summed E-state index contributed by atoms with van der Waals surface area (Å²) >= 11 is 0. The summed E-state index contributed by atoms with van der Waals surface area (Å²) in [4.78, 5) is 26.1. The standard InChI is InChI=1S/C27H27F5N4O4S/c1-15-8-17(4-7-34-15)16-2-3-22(21(9-16)27(30,31)32)41(39,40)18-10-19(23(37)35-25(12-33)5-6-25)20(11-18)24(38)36-13-26(28,29)14-36/h2-4,8-9,18-20,34H,5-7,10-11,13-14H2,1H3,(H,35,37)/t18-,19-,20-/m1/s1. The maximum absolute atomic E-state index is 14.2. The van der Waals surface area contributed by atoms with Gasteiger partial charge >= 0.3 is 6.18 Å². The number of alkyl halides is 5. The van der Waals surface area contributed by atoms with Crippen LogP contribution in [0.25, 0.3) is 5.57 Å².